The molecule has 1 heterocycles. The number of methoxy groups -OCH3 is 1. The van der Waals surface area contributed by atoms with Crippen molar-refractivity contribution in [1.29, 1.82) is 0 Å². The zero-order valence-corrected chi connectivity index (χ0v) is 13.8. The minimum atomic E-state index is 0.191. The van der Waals surface area contributed by atoms with Crippen LogP contribution in [0.15, 0.2) is 6.20 Å². The average molecular weight is 280 g/mol. The lowest BCUT2D eigenvalue weighted by molar-refractivity contribution is 0.349. The number of imidazole rings is 1. The lowest BCUT2D eigenvalue weighted by Gasteiger charge is -2.28. The summed E-state index contributed by atoms with van der Waals surface area (Å²) in [6.45, 7) is 6.89. The van der Waals surface area contributed by atoms with E-state index in [0.717, 1.165) is 0 Å². The van der Waals surface area contributed by atoms with E-state index in [1.165, 1.54) is 63.5 Å². The van der Waals surface area contributed by atoms with Crippen molar-refractivity contribution in [2.45, 2.75) is 84.0 Å². The third kappa shape index (κ3) is 5.18. The first kappa shape index (κ1) is 17.1. The number of rotatable bonds is 11. The van der Waals surface area contributed by atoms with Crippen LogP contribution in [0.3, 0.4) is 0 Å². The maximum Gasteiger partial charge on any atom is 0.293 e. The molecule has 0 saturated heterocycles. The molecule has 0 spiro atoms. The van der Waals surface area contributed by atoms with Gasteiger partial charge in [-0.25, -0.2) is 0 Å². The number of nitrogens with zero attached hydrogens (tertiary/aromatic N) is 1. The van der Waals surface area contributed by atoms with Gasteiger partial charge in [-0.2, -0.15) is 4.98 Å². The second kappa shape index (κ2) is 9.04. The summed E-state index contributed by atoms with van der Waals surface area (Å²) in [5.41, 5.74) is 1.36. The lowest BCUT2D eigenvalue weighted by atomic mass is 9.77. The maximum absolute atomic E-state index is 5.19. The molecule has 20 heavy (non-hydrogen) atoms. The molecule has 1 atom stereocenters. The summed E-state index contributed by atoms with van der Waals surface area (Å²) in [5.74, 6) is 0. The molecule has 0 aliphatic carbocycles. The van der Waals surface area contributed by atoms with Gasteiger partial charge in [0.25, 0.3) is 6.01 Å². The van der Waals surface area contributed by atoms with Crippen LogP contribution in [-0.2, 0) is 5.41 Å². The molecule has 3 nitrogen and oxygen atoms in total. The molecule has 116 valence electrons. The Bertz CT molecular complexity index is 362. The van der Waals surface area contributed by atoms with E-state index in [4.69, 9.17) is 4.74 Å². The Morgan fingerprint density at radius 1 is 1.05 bits per heavy atom. The second-order valence-electron chi connectivity index (χ2n) is 6.12. The largest absolute Gasteiger partial charge is 0.468 e. The van der Waals surface area contributed by atoms with E-state index in [0.29, 0.717) is 6.01 Å². The number of aromatic amines is 1. The van der Waals surface area contributed by atoms with Crippen molar-refractivity contribution in [3.8, 4) is 6.01 Å². The Morgan fingerprint density at radius 2 is 1.65 bits per heavy atom. The van der Waals surface area contributed by atoms with Gasteiger partial charge < -0.3 is 9.72 Å². The average Bonchev–Trinajstić information content (AvgIpc) is 2.94. The van der Waals surface area contributed by atoms with Crippen molar-refractivity contribution >= 4 is 0 Å². The van der Waals surface area contributed by atoms with Crippen molar-refractivity contribution in [1.82, 2.24) is 9.97 Å². The van der Waals surface area contributed by atoms with Gasteiger partial charge in [0.05, 0.1) is 12.8 Å². The topological polar surface area (TPSA) is 37.9 Å². The quantitative estimate of drug-likeness (QED) is 0.564. The zero-order chi connectivity index (χ0) is 14.8. The normalized spacial score (nSPS) is 14.2. The van der Waals surface area contributed by atoms with Crippen LogP contribution in [-0.4, -0.2) is 17.1 Å². The van der Waals surface area contributed by atoms with E-state index in [1.807, 2.05) is 6.20 Å². The summed E-state index contributed by atoms with van der Waals surface area (Å²) in [6.07, 6.45) is 13.6. The number of aromatic nitrogens is 2. The predicted octanol–water partition coefficient (Wildman–Crippen LogP) is 5.23. The number of hydrogen-bond donors (Lipinski definition) is 1. The summed E-state index contributed by atoms with van der Waals surface area (Å²) >= 11 is 0. The monoisotopic (exact) mass is 280 g/mol. The van der Waals surface area contributed by atoms with Gasteiger partial charge in [-0.1, -0.05) is 65.7 Å². The summed E-state index contributed by atoms with van der Waals surface area (Å²) in [7, 11) is 1.66. The highest BCUT2D eigenvalue weighted by atomic mass is 16.5. The Balaban J connectivity index is 2.66. The first-order valence-corrected chi connectivity index (χ1v) is 8.26. The van der Waals surface area contributed by atoms with Crippen molar-refractivity contribution < 1.29 is 4.74 Å². The third-order valence-corrected chi connectivity index (χ3v) is 4.28. The van der Waals surface area contributed by atoms with Gasteiger partial charge in [-0.3, -0.25) is 0 Å². The fourth-order valence-corrected chi connectivity index (χ4v) is 2.81. The Hall–Kier alpha value is -0.990. The molecule has 0 bridgehead atoms. The number of hydrogen-bond acceptors (Lipinski definition) is 2. The molecule has 1 rings (SSSR count). The van der Waals surface area contributed by atoms with Gasteiger partial charge in [-0.05, 0) is 12.8 Å². The number of unbranched alkanes of at least 4 members (excludes halogenated alkanes) is 5. The molecule has 0 fully saturated rings. The van der Waals surface area contributed by atoms with Gasteiger partial charge in [0, 0.05) is 11.6 Å². The molecule has 3 heteroatoms. The van der Waals surface area contributed by atoms with E-state index >= 15 is 0 Å². The predicted molar refractivity (Wildman–Crippen MR) is 85.4 cm³/mol. The van der Waals surface area contributed by atoms with Crippen LogP contribution in [0.4, 0.5) is 0 Å². The lowest BCUT2D eigenvalue weighted by Crippen LogP contribution is -2.22. The molecule has 0 aliphatic heterocycles. The van der Waals surface area contributed by atoms with Crippen LogP contribution >= 0.6 is 0 Å². The van der Waals surface area contributed by atoms with Crippen LogP contribution in [0, 0.1) is 0 Å². The van der Waals surface area contributed by atoms with E-state index in [1.54, 1.807) is 7.11 Å². The van der Waals surface area contributed by atoms with Gasteiger partial charge in [-0.15, -0.1) is 0 Å². The van der Waals surface area contributed by atoms with E-state index < -0.39 is 0 Å². The summed E-state index contributed by atoms with van der Waals surface area (Å²) in [4.78, 5) is 7.72. The zero-order valence-electron chi connectivity index (χ0n) is 13.8. The first-order chi connectivity index (χ1) is 9.66. The second-order valence-corrected chi connectivity index (χ2v) is 6.12. The molecule has 0 saturated carbocycles. The van der Waals surface area contributed by atoms with E-state index in [2.05, 4.69) is 30.7 Å². The molecule has 1 aromatic heterocycles. The minimum absolute atomic E-state index is 0.191. The summed E-state index contributed by atoms with van der Waals surface area (Å²) < 4.78 is 5.19. The van der Waals surface area contributed by atoms with Gasteiger partial charge >= 0.3 is 0 Å². The standard InChI is InChI=1S/C17H32N2O/c1-5-7-9-11-13-17(3,12-10-8-6-2)15-14-18-16(19-15)20-4/h14H,5-13H2,1-4H3,(H,18,19). The Labute approximate surface area is 124 Å². The number of ether oxygens (including phenoxy) is 1. The van der Waals surface area contributed by atoms with E-state index in [-0.39, 0.29) is 5.41 Å². The van der Waals surface area contributed by atoms with Crippen LogP contribution in [0.1, 0.15) is 84.3 Å². The first-order valence-electron chi connectivity index (χ1n) is 8.26. The molecular formula is C17H32N2O. The SMILES string of the molecule is CCCCCCC(C)(CCCCC)c1c[nH]c(OC)n1. The highest BCUT2D eigenvalue weighted by Crippen LogP contribution is 2.35. The molecule has 0 amide bonds. The third-order valence-electron chi connectivity index (χ3n) is 4.28. The highest BCUT2D eigenvalue weighted by Gasteiger charge is 2.28. The molecular weight excluding hydrogens is 248 g/mol. The molecule has 0 aliphatic rings. The molecule has 1 aromatic rings. The molecule has 1 unspecified atom stereocenters. The highest BCUT2D eigenvalue weighted by molar-refractivity contribution is 5.16. The van der Waals surface area contributed by atoms with E-state index in [9.17, 15) is 0 Å². The Morgan fingerprint density at radius 3 is 2.20 bits per heavy atom. The fraction of sp³-hybridized carbons (Fsp3) is 0.824. The number of nitrogens with one attached hydrogen (secondary N) is 1. The smallest absolute Gasteiger partial charge is 0.293 e. The fourth-order valence-electron chi connectivity index (χ4n) is 2.81. The van der Waals surface area contributed by atoms with Gasteiger partial charge in [0.15, 0.2) is 0 Å². The summed E-state index contributed by atoms with van der Waals surface area (Å²) in [6, 6.07) is 0.635. The summed E-state index contributed by atoms with van der Waals surface area (Å²) in [5, 5.41) is 0. The molecule has 0 aromatic carbocycles. The number of H-pyrrole nitrogens is 1. The van der Waals surface area contributed by atoms with Crippen LogP contribution < -0.4 is 4.74 Å². The van der Waals surface area contributed by atoms with Crippen molar-refractivity contribution in [3.05, 3.63) is 11.9 Å². The molecule has 1 N–H and O–H groups in total. The minimum Gasteiger partial charge on any atom is -0.468 e. The van der Waals surface area contributed by atoms with Crippen LogP contribution in [0.25, 0.3) is 0 Å². The van der Waals surface area contributed by atoms with Crippen LogP contribution in [0.5, 0.6) is 6.01 Å². The maximum atomic E-state index is 5.19. The molecule has 0 radical (unpaired) electrons. The van der Waals surface area contributed by atoms with Gasteiger partial charge in [0.1, 0.15) is 0 Å². The van der Waals surface area contributed by atoms with Crippen molar-refractivity contribution in [2.24, 2.45) is 0 Å². The Kier molecular flexibility index (Phi) is 7.71. The van der Waals surface area contributed by atoms with Gasteiger partial charge in [0.2, 0.25) is 0 Å². The van der Waals surface area contributed by atoms with Crippen molar-refractivity contribution in [3.63, 3.8) is 0 Å². The van der Waals surface area contributed by atoms with Crippen molar-refractivity contribution in [2.75, 3.05) is 7.11 Å². The van der Waals surface area contributed by atoms with Crippen LogP contribution in [0.2, 0.25) is 0 Å².